The molecule has 4 heterocycles. The molecule has 192 valence electrons. The molecule has 9 heteroatoms. The quantitative estimate of drug-likeness (QED) is 0.336. The van der Waals surface area contributed by atoms with Crippen LogP contribution in [0, 0.1) is 6.92 Å². The van der Waals surface area contributed by atoms with E-state index in [1.54, 1.807) is 36.5 Å². The molecule has 0 saturated carbocycles. The highest BCUT2D eigenvalue weighted by Crippen LogP contribution is 2.32. The van der Waals surface area contributed by atoms with Gasteiger partial charge in [0.25, 0.3) is 10.0 Å². The molecule has 0 radical (unpaired) electrons. The predicted molar refractivity (Wildman–Crippen MR) is 150 cm³/mol. The summed E-state index contributed by atoms with van der Waals surface area (Å²) < 4.78 is 28.2. The summed E-state index contributed by atoms with van der Waals surface area (Å²) in [6, 6.07) is 22.4. The number of benzene rings is 2. The molecule has 0 N–H and O–H groups in total. The second-order valence-electron chi connectivity index (χ2n) is 9.61. The van der Waals surface area contributed by atoms with Crippen molar-refractivity contribution >= 4 is 26.9 Å². The lowest BCUT2D eigenvalue weighted by Gasteiger charge is -2.34. The summed E-state index contributed by atoms with van der Waals surface area (Å²) in [4.78, 5) is 19.2. The van der Waals surface area contributed by atoms with Crippen LogP contribution in [0.25, 0.3) is 33.8 Å². The molecule has 0 spiro atoms. The average Bonchev–Trinajstić information content (AvgIpc) is 3.38. The number of fused-ring (bicyclic) bond motifs is 1. The van der Waals surface area contributed by atoms with Crippen LogP contribution in [0.4, 0.5) is 5.69 Å². The van der Waals surface area contributed by atoms with Crippen molar-refractivity contribution in [2.75, 3.05) is 38.1 Å². The van der Waals surface area contributed by atoms with Crippen molar-refractivity contribution in [2.24, 2.45) is 0 Å². The lowest BCUT2D eigenvalue weighted by Crippen LogP contribution is -2.44. The van der Waals surface area contributed by atoms with Crippen LogP contribution in [0.15, 0.2) is 90.1 Å². The van der Waals surface area contributed by atoms with E-state index in [4.69, 9.17) is 9.97 Å². The second kappa shape index (κ2) is 9.66. The highest BCUT2D eigenvalue weighted by Gasteiger charge is 2.23. The van der Waals surface area contributed by atoms with Crippen LogP contribution in [0.1, 0.15) is 5.56 Å². The molecule has 38 heavy (non-hydrogen) atoms. The molecule has 1 aliphatic heterocycles. The fraction of sp³-hybridized carbons (Fsp3) is 0.207. The van der Waals surface area contributed by atoms with Crippen molar-refractivity contribution in [3.8, 4) is 22.6 Å². The van der Waals surface area contributed by atoms with Gasteiger partial charge in [0.15, 0.2) is 5.65 Å². The molecule has 0 aliphatic carbocycles. The number of aromatic nitrogens is 4. The Morgan fingerprint density at radius 1 is 0.789 bits per heavy atom. The van der Waals surface area contributed by atoms with Crippen LogP contribution < -0.4 is 4.90 Å². The number of pyridine rings is 1. The van der Waals surface area contributed by atoms with Crippen LogP contribution in [0.2, 0.25) is 0 Å². The van der Waals surface area contributed by atoms with E-state index in [2.05, 4.69) is 46.1 Å². The average molecular weight is 525 g/mol. The van der Waals surface area contributed by atoms with E-state index in [9.17, 15) is 8.42 Å². The predicted octanol–water partition coefficient (Wildman–Crippen LogP) is 4.46. The van der Waals surface area contributed by atoms with Gasteiger partial charge in [-0.25, -0.2) is 22.4 Å². The van der Waals surface area contributed by atoms with Crippen molar-refractivity contribution < 1.29 is 8.42 Å². The summed E-state index contributed by atoms with van der Waals surface area (Å²) in [5.41, 5.74) is 5.64. The summed E-state index contributed by atoms with van der Waals surface area (Å²) in [6.45, 7) is 5.98. The summed E-state index contributed by atoms with van der Waals surface area (Å²) in [6.07, 6.45) is 3.21. The van der Waals surface area contributed by atoms with Crippen LogP contribution >= 0.6 is 0 Å². The Morgan fingerprint density at radius 2 is 1.53 bits per heavy atom. The summed E-state index contributed by atoms with van der Waals surface area (Å²) >= 11 is 0. The first-order valence-electron chi connectivity index (χ1n) is 12.6. The van der Waals surface area contributed by atoms with Gasteiger partial charge in [-0.2, -0.15) is 0 Å². The van der Waals surface area contributed by atoms with E-state index in [0.717, 1.165) is 37.3 Å². The summed E-state index contributed by atoms with van der Waals surface area (Å²) in [5.74, 6) is 0. The monoisotopic (exact) mass is 524 g/mol. The van der Waals surface area contributed by atoms with Gasteiger partial charge in [-0.3, -0.25) is 4.98 Å². The third-order valence-electron chi connectivity index (χ3n) is 6.97. The number of nitrogens with zero attached hydrogens (tertiary/aromatic N) is 6. The first-order chi connectivity index (χ1) is 18.4. The third kappa shape index (κ3) is 4.44. The maximum Gasteiger partial charge on any atom is 0.269 e. The van der Waals surface area contributed by atoms with Gasteiger partial charge >= 0.3 is 0 Å². The number of likely N-dealkylation sites (N-methyl/N-ethyl adjacent to an activating group) is 1. The van der Waals surface area contributed by atoms with E-state index in [1.165, 1.54) is 15.9 Å². The van der Waals surface area contributed by atoms with Crippen LogP contribution in [-0.4, -0.2) is 65.5 Å². The molecular weight excluding hydrogens is 496 g/mol. The molecule has 1 fully saturated rings. The van der Waals surface area contributed by atoms with E-state index in [-0.39, 0.29) is 10.5 Å². The molecule has 3 aromatic heterocycles. The highest BCUT2D eigenvalue weighted by atomic mass is 32.2. The maximum absolute atomic E-state index is 13.5. The van der Waals surface area contributed by atoms with E-state index >= 15 is 0 Å². The fourth-order valence-corrected chi connectivity index (χ4v) is 6.01. The van der Waals surface area contributed by atoms with Crippen molar-refractivity contribution in [2.45, 2.75) is 11.8 Å². The van der Waals surface area contributed by atoms with E-state index in [0.29, 0.717) is 22.6 Å². The molecule has 6 rings (SSSR count). The molecule has 0 bridgehead atoms. The van der Waals surface area contributed by atoms with Crippen molar-refractivity contribution in [1.29, 1.82) is 0 Å². The van der Waals surface area contributed by atoms with Crippen molar-refractivity contribution in [3.63, 3.8) is 0 Å². The van der Waals surface area contributed by atoms with Gasteiger partial charge in [0.1, 0.15) is 11.2 Å². The normalized spacial score (nSPS) is 14.7. The molecule has 5 aromatic rings. The van der Waals surface area contributed by atoms with Gasteiger partial charge < -0.3 is 9.80 Å². The van der Waals surface area contributed by atoms with Gasteiger partial charge in [-0.05, 0) is 56.4 Å². The largest absolute Gasteiger partial charge is 0.369 e. The van der Waals surface area contributed by atoms with Crippen molar-refractivity contribution in [1.82, 2.24) is 23.8 Å². The smallest absolute Gasteiger partial charge is 0.269 e. The Hall–Kier alpha value is -4.08. The van der Waals surface area contributed by atoms with E-state index < -0.39 is 10.0 Å². The third-order valence-corrected chi connectivity index (χ3v) is 8.65. The topological polar surface area (TPSA) is 84.2 Å². The van der Waals surface area contributed by atoms with Crippen molar-refractivity contribution in [3.05, 3.63) is 90.8 Å². The molecular formula is C29H28N6O2S. The number of aryl methyl sites for hydroxylation is 1. The van der Waals surface area contributed by atoms with Crippen LogP contribution in [0.3, 0.4) is 0 Å². The lowest BCUT2D eigenvalue weighted by molar-refractivity contribution is 0.313. The minimum absolute atomic E-state index is 0.199. The van der Waals surface area contributed by atoms with Gasteiger partial charge in [0.05, 0.1) is 16.3 Å². The second-order valence-corrected chi connectivity index (χ2v) is 11.4. The molecule has 8 nitrogen and oxygen atoms in total. The SMILES string of the molecule is Cc1ccc(S(=O)(=O)n2ccc3nc(-c4ccc(N5CCN(C)CC5)cc4)c(-c4ccccn4)nc32)cc1. The number of hydrogen-bond donors (Lipinski definition) is 0. The standard InChI is InChI=1S/C29H28N6O2S/c1-21-6-12-24(13-7-21)38(36,37)35-16-14-26-29(35)32-28(25-5-3-4-15-30-25)27(31-26)22-8-10-23(11-9-22)34-19-17-33(2)18-20-34/h3-16H,17-20H2,1-2H3. The van der Waals surface area contributed by atoms with Crippen LogP contribution in [-0.2, 0) is 10.0 Å². The first kappa shape index (κ1) is 24.3. The van der Waals surface area contributed by atoms with E-state index in [1.807, 2.05) is 25.1 Å². The number of anilines is 1. The zero-order chi connectivity index (χ0) is 26.3. The Labute approximate surface area is 222 Å². The lowest BCUT2D eigenvalue weighted by atomic mass is 10.1. The minimum atomic E-state index is -3.85. The molecule has 2 aromatic carbocycles. The van der Waals surface area contributed by atoms with Gasteiger partial charge in [-0.15, -0.1) is 0 Å². The number of rotatable bonds is 5. The number of hydrogen-bond acceptors (Lipinski definition) is 7. The fourth-order valence-electron chi connectivity index (χ4n) is 4.72. The van der Waals surface area contributed by atoms with Gasteiger partial charge in [-0.1, -0.05) is 35.9 Å². The Balaban J connectivity index is 1.46. The first-order valence-corrected chi connectivity index (χ1v) is 14.0. The number of piperazine rings is 1. The minimum Gasteiger partial charge on any atom is -0.369 e. The molecule has 0 unspecified atom stereocenters. The Kier molecular flexibility index (Phi) is 6.17. The Bertz CT molecular complexity index is 1690. The molecule has 1 aliphatic rings. The van der Waals surface area contributed by atoms with Gasteiger partial charge in [0.2, 0.25) is 0 Å². The maximum atomic E-state index is 13.5. The molecule has 0 atom stereocenters. The summed E-state index contributed by atoms with van der Waals surface area (Å²) in [5, 5.41) is 0. The highest BCUT2D eigenvalue weighted by molar-refractivity contribution is 7.90. The van der Waals surface area contributed by atoms with Crippen LogP contribution in [0.5, 0.6) is 0 Å². The molecule has 1 saturated heterocycles. The zero-order valence-electron chi connectivity index (χ0n) is 21.3. The van der Waals surface area contributed by atoms with Gasteiger partial charge in [0, 0.05) is 49.8 Å². The zero-order valence-corrected chi connectivity index (χ0v) is 22.1. The Morgan fingerprint density at radius 3 is 2.21 bits per heavy atom. The molecule has 0 amide bonds. The summed E-state index contributed by atoms with van der Waals surface area (Å²) in [7, 11) is -1.71.